The predicted molar refractivity (Wildman–Crippen MR) is 105 cm³/mol. The van der Waals surface area contributed by atoms with Gasteiger partial charge in [-0.1, -0.05) is 0 Å². The Morgan fingerprint density at radius 1 is 1.28 bits per heavy atom. The van der Waals surface area contributed by atoms with Crippen molar-refractivity contribution in [3.05, 3.63) is 74.1 Å². The molecule has 5 nitrogen and oxygen atoms in total. The van der Waals surface area contributed by atoms with Gasteiger partial charge in [-0.2, -0.15) is 0 Å². The average Bonchev–Trinajstić information content (AvgIpc) is 3.00. The van der Waals surface area contributed by atoms with Crippen molar-refractivity contribution < 1.29 is 4.79 Å². The third-order valence-electron chi connectivity index (χ3n) is 4.21. The third-order valence-corrected chi connectivity index (χ3v) is 9.92. The molecule has 3 heterocycles. The molecule has 1 aliphatic rings. The maximum absolute atomic E-state index is 13.0. The van der Waals surface area contributed by atoms with Crippen LogP contribution in [0.3, 0.4) is 0 Å². The topological polar surface area (TPSA) is 60.7 Å². The molecule has 1 aliphatic heterocycles. The summed E-state index contributed by atoms with van der Waals surface area (Å²) in [4.78, 5) is 21.5. The van der Waals surface area contributed by atoms with Gasteiger partial charge in [-0.3, -0.25) is 0 Å². The second-order valence-electron chi connectivity index (χ2n) is 5.85. The fourth-order valence-electron chi connectivity index (χ4n) is 2.89. The molecule has 2 aromatic heterocycles. The van der Waals surface area contributed by atoms with Crippen LogP contribution < -0.4 is 0 Å². The number of pyridine rings is 1. The second-order valence-corrected chi connectivity index (χ2v) is 11.7. The van der Waals surface area contributed by atoms with Crippen molar-refractivity contribution in [1.82, 2.24) is 19.7 Å². The number of alkyl halides is 1. The van der Waals surface area contributed by atoms with Crippen molar-refractivity contribution in [3.8, 4) is 0 Å². The summed E-state index contributed by atoms with van der Waals surface area (Å²) < 4.78 is 4.19. The first-order chi connectivity index (χ1) is 12.1. The normalized spacial score (nSPS) is 15.3. The van der Waals surface area contributed by atoms with Gasteiger partial charge in [-0.15, -0.1) is 0 Å². The summed E-state index contributed by atoms with van der Waals surface area (Å²) in [5.41, 5.74) is 2.98. The first kappa shape index (κ1) is 16.7. The molecule has 0 saturated carbocycles. The molecule has 0 N–H and O–H groups in total. The van der Waals surface area contributed by atoms with Gasteiger partial charge in [-0.25, -0.2) is 0 Å². The summed E-state index contributed by atoms with van der Waals surface area (Å²) in [5, 5.41) is 4.91. The van der Waals surface area contributed by atoms with Crippen LogP contribution in [-0.4, -0.2) is 28.0 Å². The molecule has 1 aromatic carbocycles. The molecule has 0 bridgehead atoms. The predicted octanol–water partition coefficient (Wildman–Crippen LogP) is 3.76. The van der Waals surface area contributed by atoms with Gasteiger partial charge in [0.15, 0.2) is 0 Å². The molecule has 0 atom stereocenters. The Kier molecular flexibility index (Phi) is 4.56. The van der Waals surface area contributed by atoms with E-state index >= 15 is 0 Å². The molecule has 7 heteroatoms. The van der Waals surface area contributed by atoms with E-state index in [0.717, 1.165) is 36.9 Å². The van der Waals surface area contributed by atoms with Crippen LogP contribution in [0.2, 0.25) is 5.02 Å². The monoisotopic (exact) mass is 466 g/mol. The number of halogens is 2. The summed E-state index contributed by atoms with van der Waals surface area (Å²) in [7, 11) is 0. The van der Waals surface area contributed by atoms with Gasteiger partial charge in [0.25, 0.3) is 0 Å². The van der Waals surface area contributed by atoms with E-state index in [9.17, 15) is 4.79 Å². The first-order valence-electron chi connectivity index (χ1n) is 7.88. The fourth-order valence-corrected chi connectivity index (χ4v) is 8.39. The van der Waals surface area contributed by atoms with Crippen molar-refractivity contribution in [2.24, 2.45) is 0 Å². The van der Waals surface area contributed by atoms with E-state index in [2.05, 4.69) is 21.1 Å². The number of nitrogens with zero attached hydrogens (tertiary/aromatic N) is 4. The zero-order valence-electron chi connectivity index (χ0n) is 13.6. The third kappa shape index (κ3) is 3.32. The molecular formula is C18H16ClIN4O. The summed E-state index contributed by atoms with van der Waals surface area (Å²) in [6, 6.07) is 7.72. The van der Waals surface area contributed by atoms with Crippen LogP contribution in [-0.2, 0) is 13.0 Å². The molecule has 0 spiro atoms. The van der Waals surface area contributed by atoms with E-state index in [4.69, 9.17) is 11.6 Å². The van der Waals surface area contributed by atoms with Crippen LogP contribution >= 0.6 is 31.4 Å². The van der Waals surface area contributed by atoms with Gasteiger partial charge in [0.2, 0.25) is 0 Å². The zero-order chi connectivity index (χ0) is 17.4. The van der Waals surface area contributed by atoms with Gasteiger partial charge in [0.1, 0.15) is 0 Å². The number of fused-ring (bicyclic) bond motifs is 1. The fraction of sp³-hybridized carbons (Fsp3) is 0.222. The molecule has 3 aromatic rings. The van der Waals surface area contributed by atoms with Crippen molar-refractivity contribution in [2.45, 2.75) is 19.9 Å². The molecule has 0 saturated heterocycles. The number of hydrogen-bond acceptors (Lipinski definition) is 4. The van der Waals surface area contributed by atoms with E-state index in [1.54, 1.807) is 12.4 Å². The number of carbonyl (C=O) groups excluding carboxylic acids is 1. The van der Waals surface area contributed by atoms with E-state index in [1.807, 2.05) is 36.1 Å². The van der Waals surface area contributed by atoms with Gasteiger partial charge in [0, 0.05) is 0 Å². The number of hydrogen-bond donors (Lipinski definition) is 0. The van der Waals surface area contributed by atoms with Gasteiger partial charge < -0.3 is 0 Å². The number of benzene rings is 1. The van der Waals surface area contributed by atoms with Crippen molar-refractivity contribution in [1.29, 1.82) is 0 Å². The van der Waals surface area contributed by atoms with Crippen molar-refractivity contribution in [3.63, 3.8) is 0 Å². The SMILES string of the molecule is Cc1ncnn1Cc1cncc(I2CCc3cc(Cl)ccc3C2=O)c1. The number of rotatable bonds is 3. The molecule has 0 fully saturated rings. The Morgan fingerprint density at radius 2 is 2.16 bits per heavy atom. The molecule has 0 radical (unpaired) electrons. The number of aryl methyl sites for hydroxylation is 2. The molecule has 4 rings (SSSR count). The van der Waals surface area contributed by atoms with Gasteiger partial charge in [0.05, 0.1) is 0 Å². The maximum atomic E-state index is 13.0. The van der Waals surface area contributed by atoms with Crippen LogP contribution in [0, 0.1) is 10.5 Å². The Hall–Kier alpha value is -1.80. The van der Waals surface area contributed by atoms with Crippen molar-refractivity contribution >= 4 is 35.2 Å². The summed E-state index contributed by atoms with van der Waals surface area (Å²) >= 11 is 4.10. The number of aromatic nitrogens is 4. The molecule has 0 aliphatic carbocycles. The summed E-state index contributed by atoms with van der Waals surface area (Å²) in [6.45, 7) is 2.55. The zero-order valence-corrected chi connectivity index (χ0v) is 16.5. The minimum absolute atomic E-state index is 0.304. The second kappa shape index (κ2) is 6.84. The van der Waals surface area contributed by atoms with Crippen LogP contribution in [0.5, 0.6) is 0 Å². The molecule has 128 valence electrons. The molecule has 25 heavy (non-hydrogen) atoms. The van der Waals surface area contributed by atoms with Crippen molar-refractivity contribution in [2.75, 3.05) is 4.43 Å². The van der Waals surface area contributed by atoms with Crippen LogP contribution in [0.1, 0.15) is 27.3 Å². The van der Waals surface area contributed by atoms with E-state index < -0.39 is 19.8 Å². The summed E-state index contributed by atoms with van der Waals surface area (Å²) in [5.74, 6) is 0.865. The first-order valence-corrected chi connectivity index (χ1v) is 11.9. The van der Waals surface area contributed by atoms with E-state index in [1.165, 1.54) is 0 Å². The van der Waals surface area contributed by atoms with E-state index in [-0.39, 0.29) is 0 Å². The Labute approximate surface area is 157 Å². The Bertz CT molecular complexity index is 956. The summed E-state index contributed by atoms with van der Waals surface area (Å²) in [6.07, 6.45) is 6.17. The molecule has 0 unspecified atom stereocenters. The Balaban J connectivity index is 1.62. The van der Waals surface area contributed by atoms with E-state index in [0.29, 0.717) is 15.4 Å². The van der Waals surface area contributed by atoms with Gasteiger partial charge >= 0.3 is 158 Å². The molecule has 0 amide bonds. The van der Waals surface area contributed by atoms with Crippen LogP contribution in [0.25, 0.3) is 0 Å². The molecular weight excluding hydrogens is 451 g/mol. The van der Waals surface area contributed by atoms with Crippen LogP contribution in [0.4, 0.5) is 0 Å². The standard InChI is InChI=1S/C18H16ClIN4O/c1-12-22-11-23-24(12)10-13-6-16(9-21-8-13)20-5-4-14-7-15(19)2-3-17(14)18(20)25/h2-3,6-9,11H,4-5,10H2,1H3. The van der Waals surface area contributed by atoms with Crippen LogP contribution in [0.15, 0.2) is 43.0 Å². The minimum atomic E-state index is -1.96. The van der Waals surface area contributed by atoms with Gasteiger partial charge in [-0.05, 0) is 0 Å². The average molecular weight is 467 g/mol. The quantitative estimate of drug-likeness (QED) is 0.335. The Morgan fingerprint density at radius 3 is 2.96 bits per heavy atom. The number of carbonyl (C=O) groups is 1.